The van der Waals surface area contributed by atoms with Crippen molar-refractivity contribution in [2.45, 2.75) is 25.1 Å². The van der Waals surface area contributed by atoms with Gasteiger partial charge in [-0.05, 0) is 41.3 Å². The third-order valence-corrected chi connectivity index (χ3v) is 5.77. The summed E-state index contributed by atoms with van der Waals surface area (Å²) >= 11 is 6.46. The van der Waals surface area contributed by atoms with Crippen molar-refractivity contribution in [3.05, 3.63) is 107 Å². The minimum absolute atomic E-state index is 0.0631. The van der Waals surface area contributed by atoms with Gasteiger partial charge in [0.05, 0.1) is 12.1 Å². The van der Waals surface area contributed by atoms with Crippen molar-refractivity contribution >= 4 is 17.5 Å². The van der Waals surface area contributed by atoms with Crippen LogP contribution in [0.1, 0.15) is 35.2 Å². The molecule has 0 bridgehead atoms. The molecule has 1 aromatic heterocycles. The number of benzene rings is 3. The molecule has 4 aromatic rings. The van der Waals surface area contributed by atoms with Gasteiger partial charge in [0.1, 0.15) is 18.7 Å². The number of nitrogens with one attached hydrogen (secondary N) is 1. The molecule has 0 spiro atoms. The first-order valence-electron chi connectivity index (χ1n) is 9.95. The monoisotopic (exact) mass is 416 g/mol. The maximum Gasteiger partial charge on any atom is 0.222 e. The van der Waals surface area contributed by atoms with Crippen LogP contribution < -0.4 is 10.1 Å². The van der Waals surface area contributed by atoms with Crippen LogP contribution in [0.15, 0.2) is 85.2 Å². The molecule has 1 aliphatic rings. The summed E-state index contributed by atoms with van der Waals surface area (Å²) in [5.74, 6) is 1.60. The minimum Gasteiger partial charge on any atom is -0.489 e. The molecule has 0 saturated heterocycles. The van der Waals surface area contributed by atoms with E-state index >= 15 is 0 Å². The molecule has 0 amide bonds. The van der Waals surface area contributed by atoms with E-state index in [2.05, 4.69) is 45.7 Å². The molecular weight excluding hydrogens is 396 g/mol. The van der Waals surface area contributed by atoms with Crippen LogP contribution in [0.2, 0.25) is 5.02 Å². The predicted octanol–water partition coefficient (Wildman–Crippen LogP) is 5.66. The first kappa shape index (κ1) is 18.7. The zero-order valence-electron chi connectivity index (χ0n) is 16.3. The Hall–Kier alpha value is -3.31. The zero-order chi connectivity index (χ0) is 20.3. The topological polar surface area (TPSA) is 52.0 Å². The van der Waals surface area contributed by atoms with E-state index in [1.807, 2.05) is 53.2 Å². The Morgan fingerprint density at radius 3 is 2.53 bits per heavy atom. The van der Waals surface area contributed by atoms with Gasteiger partial charge in [0.2, 0.25) is 5.95 Å². The molecule has 2 atom stereocenters. The largest absolute Gasteiger partial charge is 0.489 e. The Balaban J connectivity index is 1.37. The summed E-state index contributed by atoms with van der Waals surface area (Å²) in [4.78, 5) is 4.39. The summed E-state index contributed by atoms with van der Waals surface area (Å²) in [6, 6.07) is 26.5. The lowest BCUT2D eigenvalue weighted by Gasteiger charge is -2.32. The highest BCUT2D eigenvalue weighted by Crippen LogP contribution is 2.39. The molecule has 5 rings (SSSR count). The Kier molecular flexibility index (Phi) is 5.11. The van der Waals surface area contributed by atoms with Gasteiger partial charge >= 0.3 is 0 Å². The zero-order valence-corrected chi connectivity index (χ0v) is 17.0. The van der Waals surface area contributed by atoms with Crippen molar-refractivity contribution in [3.8, 4) is 5.75 Å². The number of rotatable bonds is 5. The van der Waals surface area contributed by atoms with Crippen LogP contribution >= 0.6 is 11.6 Å². The highest BCUT2D eigenvalue weighted by Gasteiger charge is 2.30. The van der Waals surface area contributed by atoms with E-state index in [9.17, 15) is 0 Å². The number of hydrogen-bond acceptors (Lipinski definition) is 4. The van der Waals surface area contributed by atoms with Gasteiger partial charge < -0.3 is 10.1 Å². The van der Waals surface area contributed by atoms with Crippen molar-refractivity contribution in [3.63, 3.8) is 0 Å². The molecule has 0 unspecified atom stereocenters. The SMILES string of the molecule is Clc1ccccc1[C@@H]1C[C@@H](c2ccc(OCc3ccccc3)cc2)n2ncnc2N1. The van der Waals surface area contributed by atoms with Crippen molar-refractivity contribution < 1.29 is 4.74 Å². The highest BCUT2D eigenvalue weighted by molar-refractivity contribution is 6.31. The van der Waals surface area contributed by atoms with Crippen molar-refractivity contribution in [1.82, 2.24) is 14.8 Å². The van der Waals surface area contributed by atoms with Crippen LogP contribution in [0.4, 0.5) is 5.95 Å². The number of hydrogen-bond donors (Lipinski definition) is 1. The highest BCUT2D eigenvalue weighted by atomic mass is 35.5. The summed E-state index contributed by atoms with van der Waals surface area (Å²) in [6.45, 7) is 0.551. The molecule has 2 heterocycles. The summed E-state index contributed by atoms with van der Waals surface area (Å²) in [5.41, 5.74) is 3.38. The average molecular weight is 417 g/mol. The molecular formula is C24H21ClN4O. The molecule has 6 heteroatoms. The molecule has 0 fully saturated rings. The third-order valence-electron chi connectivity index (χ3n) is 5.42. The van der Waals surface area contributed by atoms with Crippen LogP contribution in [0.3, 0.4) is 0 Å². The fourth-order valence-electron chi connectivity index (χ4n) is 3.89. The van der Waals surface area contributed by atoms with Gasteiger partial charge in [-0.2, -0.15) is 10.1 Å². The van der Waals surface area contributed by atoms with E-state index in [1.54, 1.807) is 6.33 Å². The van der Waals surface area contributed by atoms with Gasteiger partial charge in [0.15, 0.2) is 0 Å². The van der Waals surface area contributed by atoms with E-state index in [4.69, 9.17) is 16.3 Å². The van der Waals surface area contributed by atoms with E-state index in [1.165, 1.54) is 0 Å². The van der Waals surface area contributed by atoms with Gasteiger partial charge in [0, 0.05) is 5.02 Å². The normalized spacial score (nSPS) is 17.8. The predicted molar refractivity (Wildman–Crippen MR) is 118 cm³/mol. The standard InChI is InChI=1S/C24H21ClN4O/c25-21-9-5-4-8-20(21)22-14-23(29-24(28-22)26-16-27-29)18-10-12-19(13-11-18)30-15-17-6-2-1-3-7-17/h1-13,16,22-23H,14-15H2,(H,26,27,28)/t22-,23-/m0/s1. The molecule has 0 saturated carbocycles. The summed E-state index contributed by atoms with van der Waals surface area (Å²) in [5, 5.41) is 8.66. The molecule has 1 aliphatic heterocycles. The van der Waals surface area contributed by atoms with Gasteiger partial charge in [-0.15, -0.1) is 0 Å². The van der Waals surface area contributed by atoms with Gasteiger partial charge in [-0.25, -0.2) is 4.68 Å². The third kappa shape index (κ3) is 3.76. The number of fused-ring (bicyclic) bond motifs is 1. The molecule has 5 nitrogen and oxygen atoms in total. The molecule has 3 aromatic carbocycles. The lowest BCUT2D eigenvalue weighted by molar-refractivity contribution is 0.306. The summed E-state index contributed by atoms with van der Waals surface area (Å²) < 4.78 is 7.87. The maximum atomic E-state index is 6.46. The van der Waals surface area contributed by atoms with Crippen LogP contribution in [-0.2, 0) is 6.61 Å². The molecule has 1 N–H and O–H groups in total. The fourth-order valence-corrected chi connectivity index (χ4v) is 4.15. The van der Waals surface area contributed by atoms with E-state index in [0.717, 1.165) is 39.8 Å². The quantitative estimate of drug-likeness (QED) is 0.456. The van der Waals surface area contributed by atoms with Crippen molar-refractivity contribution in [2.75, 3.05) is 5.32 Å². The minimum atomic E-state index is 0.0631. The number of anilines is 1. The van der Waals surface area contributed by atoms with E-state index in [-0.39, 0.29) is 12.1 Å². The van der Waals surface area contributed by atoms with E-state index < -0.39 is 0 Å². The molecule has 30 heavy (non-hydrogen) atoms. The maximum absolute atomic E-state index is 6.46. The first-order chi connectivity index (χ1) is 14.8. The van der Waals surface area contributed by atoms with Crippen molar-refractivity contribution in [1.29, 1.82) is 0 Å². The average Bonchev–Trinajstić information content (AvgIpc) is 3.27. The fraction of sp³-hybridized carbons (Fsp3) is 0.167. The lowest BCUT2D eigenvalue weighted by atomic mass is 9.93. The Morgan fingerprint density at radius 1 is 0.967 bits per heavy atom. The van der Waals surface area contributed by atoms with Gasteiger partial charge in [0.25, 0.3) is 0 Å². The van der Waals surface area contributed by atoms with E-state index in [0.29, 0.717) is 6.61 Å². The smallest absolute Gasteiger partial charge is 0.222 e. The van der Waals surface area contributed by atoms with Gasteiger partial charge in [-0.1, -0.05) is 72.3 Å². The molecule has 150 valence electrons. The second-order valence-corrected chi connectivity index (χ2v) is 7.75. The van der Waals surface area contributed by atoms with Gasteiger partial charge in [-0.3, -0.25) is 0 Å². The lowest BCUT2D eigenvalue weighted by Crippen LogP contribution is -2.28. The number of aromatic nitrogens is 3. The first-order valence-corrected chi connectivity index (χ1v) is 10.3. The summed E-state index contributed by atoms with van der Waals surface area (Å²) in [7, 11) is 0. The number of ether oxygens (including phenoxy) is 1. The second kappa shape index (κ2) is 8.20. The number of nitrogens with zero attached hydrogens (tertiary/aromatic N) is 3. The van der Waals surface area contributed by atoms with Crippen LogP contribution in [0.25, 0.3) is 0 Å². The van der Waals surface area contributed by atoms with Crippen LogP contribution in [0, 0.1) is 0 Å². The Bertz CT molecular complexity index is 1130. The molecule has 0 radical (unpaired) electrons. The van der Waals surface area contributed by atoms with Crippen LogP contribution in [-0.4, -0.2) is 14.8 Å². The molecule has 0 aliphatic carbocycles. The van der Waals surface area contributed by atoms with Crippen LogP contribution in [0.5, 0.6) is 5.75 Å². The number of halogens is 1. The Labute approximate surface area is 180 Å². The van der Waals surface area contributed by atoms with Crippen molar-refractivity contribution in [2.24, 2.45) is 0 Å². The Morgan fingerprint density at radius 2 is 1.73 bits per heavy atom. The summed E-state index contributed by atoms with van der Waals surface area (Å²) in [6.07, 6.45) is 2.41. The second-order valence-electron chi connectivity index (χ2n) is 7.34.